The minimum atomic E-state index is -3.39. The molecule has 0 heterocycles. The maximum absolute atomic E-state index is 13.9. The van der Waals surface area contributed by atoms with Crippen molar-refractivity contribution in [3.63, 3.8) is 0 Å². The van der Waals surface area contributed by atoms with Crippen LogP contribution < -0.4 is 10.6 Å². The molecule has 0 aliphatic rings. The monoisotopic (exact) mass is 416 g/mol. The summed E-state index contributed by atoms with van der Waals surface area (Å²) in [4.78, 5) is 34.4. The van der Waals surface area contributed by atoms with Crippen molar-refractivity contribution in [2.24, 2.45) is 0 Å². The van der Waals surface area contributed by atoms with Crippen LogP contribution in [0.3, 0.4) is 0 Å². The van der Waals surface area contributed by atoms with E-state index in [4.69, 9.17) is 14.6 Å². The van der Waals surface area contributed by atoms with Gasteiger partial charge in [-0.2, -0.15) is 0 Å². The van der Waals surface area contributed by atoms with E-state index in [1.807, 2.05) is 10.6 Å². The summed E-state index contributed by atoms with van der Waals surface area (Å²) in [6, 6.07) is 7.11. The number of halogens is 2. The molecule has 0 bridgehead atoms. The molecule has 1 rings (SSSR count). The van der Waals surface area contributed by atoms with Crippen LogP contribution in [0.2, 0.25) is 0 Å². The highest BCUT2D eigenvalue weighted by Crippen LogP contribution is 2.21. The number of rotatable bonds is 9. The number of ether oxygens (including phenoxy) is 2. The van der Waals surface area contributed by atoms with Crippen molar-refractivity contribution in [2.75, 3.05) is 6.54 Å². The van der Waals surface area contributed by atoms with E-state index < -0.39 is 55.1 Å². The highest BCUT2D eigenvalue weighted by Gasteiger charge is 2.33. The lowest BCUT2D eigenvalue weighted by molar-refractivity contribution is -0.140. The summed E-state index contributed by atoms with van der Waals surface area (Å²) in [6.45, 7) is 3.65. The largest absolute Gasteiger partial charge is 0.480 e. The topological polar surface area (TPSA) is 114 Å². The lowest BCUT2D eigenvalue weighted by Gasteiger charge is -2.22. The highest BCUT2D eigenvalue weighted by molar-refractivity contribution is 5.79. The van der Waals surface area contributed by atoms with Gasteiger partial charge >= 0.3 is 18.2 Å². The number of carbonyl (C=O) groups excluding carboxylic acids is 2. The number of carboxylic acid groups (broad SMARTS) is 1. The van der Waals surface area contributed by atoms with Crippen LogP contribution in [0.15, 0.2) is 30.3 Å². The van der Waals surface area contributed by atoms with Crippen molar-refractivity contribution in [2.45, 2.75) is 57.8 Å². The third-order valence-electron chi connectivity index (χ3n) is 3.49. The first-order valence-electron chi connectivity index (χ1n) is 8.93. The van der Waals surface area contributed by atoms with Crippen molar-refractivity contribution < 1.29 is 37.7 Å². The van der Waals surface area contributed by atoms with Crippen LogP contribution in [0.4, 0.5) is 18.4 Å². The molecule has 2 amide bonds. The summed E-state index contributed by atoms with van der Waals surface area (Å²) in [5, 5.41) is 13.1. The molecule has 0 aliphatic heterocycles. The van der Waals surface area contributed by atoms with E-state index in [9.17, 15) is 23.2 Å². The summed E-state index contributed by atoms with van der Waals surface area (Å²) in [5.41, 5.74) is -0.146. The Morgan fingerprint density at radius 1 is 1.10 bits per heavy atom. The molecular formula is C19H26F2N2O6. The van der Waals surface area contributed by atoms with Crippen molar-refractivity contribution in [1.82, 2.24) is 10.6 Å². The molecule has 1 atom stereocenters. The van der Waals surface area contributed by atoms with Gasteiger partial charge in [-0.1, -0.05) is 30.3 Å². The minimum Gasteiger partial charge on any atom is -0.480 e. The molecule has 1 aromatic carbocycles. The average Bonchev–Trinajstić information content (AvgIpc) is 2.61. The molecule has 0 aliphatic carbocycles. The Morgan fingerprint density at radius 2 is 1.72 bits per heavy atom. The molecule has 0 fully saturated rings. The standard InChI is InChI=1S/C19H26F2N2O6/c1-18(2,3)29-16(26)22-12-19(20,21)10-9-14(15(24)25)23-17(27)28-11-13-7-5-4-6-8-13/h4-8,14H,9-12H2,1-3H3,(H,22,26)(H,23,27)(H,24,25). The summed E-state index contributed by atoms with van der Waals surface area (Å²) >= 11 is 0. The van der Waals surface area contributed by atoms with Crippen LogP contribution in [0, 0.1) is 0 Å². The summed E-state index contributed by atoms with van der Waals surface area (Å²) in [7, 11) is 0. The van der Waals surface area contributed by atoms with E-state index in [1.54, 1.807) is 51.1 Å². The molecule has 0 radical (unpaired) electrons. The molecule has 162 valence electrons. The van der Waals surface area contributed by atoms with Gasteiger partial charge < -0.3 is 25.2 Å². The zero-order valence-corrected chi connectivity index (χ0v) is 16.5. The molecule has 1 unspecified atom stereocenters. The number of alkyl halides is 2. The average molecular weight is 416 g/mol. The molecule has 0 aromatic heterocycles. The first-order valence-corrected chi connectivity index (χ1v) is 8.93. The van der Waals surface area contributed by atoms with Gasteiger partial charge in [0.2, 0.25) is 0 Å². The highest BCUT2D eigenvalue weighted by atomic mass is 19.3. The molecule has 3 N–H and O–H groups in total. The Balaban J connectivity index is 2.46. The number of nitrogens with one attached hydrogen (secondary N) is 2. The molecule has 0 spiro atoms. The normalized spacial score (nSPS) is 12.6. The Hall–Kier alpha value is -2.91. The molecule has 10 heteroatoms. The van der Waals surface area contributed by atoms with Gasteiger partial charge in [-0.3, -0.25) is 0 Å². The van der Waals surface area contributed by atoms with E-state index in [-0.39, 0.29) is 6.61 Å². The third kappa shape index (κ3) is 10.9. The quantitative estimate of drug-likeness (QED) is 0.569. The molecule has 1 aromatic rings. The van der Waals surface area contributed by atoms with E-state index in [1.165, 1.54) is 0 Å². The van der Waals surface area contributed by atoms with Gasteiger partial charge in [-0.05, 0) is 32.8 Å². The van der Waals surface area contributed by atoms with Crippen molar-refractivity contribution in [1.29, 1.82) is 0 Å². The number of alkyl carbamates (subject to hydrolysis) is 2. The van der Waals surface area contributed by atoms with E-state index in [0.29, 0.717) is 5.56 Å². The molecule has 29 heavy (non-hydrogen) atoms. The van der Waals surface area contributed by atoms with Gasteiger partial charge in [0, 0.05) is 6.42 Å². The Labute approximate surface area is 167 Å². The van der Waals surface area contributed by atoms with Crippen molar-refractivity contribution in [3.05, 3.63) is 35.9 Å². The first kappa shape index (κ1) is 24.1. The smallest absolute Gasteiger partial charge is 0.408 e. The van der Waals surface area contributed by atoms with Crippen LogP contribution in [0.5, 0.6) is 0 Å². The number of benzene rings is 1. The van der Waals surface area contributed by atoms with Crippen LogP contribution in [0.1, 0.15) is 39.2 Å². The third-order valence-corrected chi connectivity index (χ3v) is 3.49. The lowest BCUT2D eigenvalue weighted by atomic mass is 10.1. The Bertz CT molecular complexity index is 692. The second-order valence-electron chi connectivity index (χ2n) is 7.35. The van der Waals surface area contributed by atoms with Crippen LogP contribution in [-0.2, 0) is 20.9 Å². The van der Waals surface area contributed by atoms with Crippen LogP contribution in [0.25, 0.3) is 0 Å². The van der Waals surface area contributed by atoms with Gasteiger partial charge in [0.05, 0.1) is 6.54 Å². The van der Waals surface area contributed by atoms with Gasteiger partial charge in [0.25, 0.3) is 5.92 Å². The summed E-state index contributed by atoms with van der Waals surface area (Å²) in [5.74, 6) is -4.86. The zero-order valence-electron chi connectivity index (χ0n) is 16.5. The number of carboxylic acids is 1. The molecule has 8 nitrogen and oxygen atoms in total. The number of hydrogen-bond acceptors (Lipinski definition) is 5. The Morgan fingerprint density at radius 3 is 2.28 bits per heavy atom. The fraction of sp³-hybridized carbons (Fsp3) is 0.526. The van der Waals surface area contributed by atoms with Gasteiger partial charge in [-0.25, -0.2) is 23.2 Å². The fourth-order valence-electron chi connectivity index (χ4n) is 2.12. The van der Waals surface area contributed by atoms with Gasteiger partial charge in [-0.15, -0.1) is 0 Å². The van der Waals surface area contributed by atoms with Gasteiger partial charge in [0.1, 0.15) is 18.2 Å². The van der Waals surface area contributed by atoms with E-state index in [2.05, 4.69) is 0 Å². The number of carbonyl (C=O) groups is 3. The second-order valence-corrected chi connectivity index (χ2v) is 7.35. The number of aliphatic carboxylic acids is 1. The number of amides is 2. The predicted molar refractivity (Wildman–Crippen MR) is 99.6 cm³/mol. The second kappa shape index (κ2) is 10.6. The van der Waals surface area contributed by atoms with E-state index in [0.717, 1.165) is 0 Å². The zero-order chi connectivity index (χ0) is 22.1. The Kier molecular flexibility index (Phi) is 8.81. The van der Waals surface area contributed by atoms with Crippen molar-refractivity contribution >= 4 is 18.2 Å². The SMILES string of the molecule is CC(C)(C)OC(=O)NCC(F)(F)CCC(NC(=O)OCc1ccccc1)C(=O)O. The maximum atomic E-state index is 13.9. The first-order chi connectivity index (χ1) is 13.4. The van der Waals surface area contributed by atoms with Gasteiger partial charge in [0.15, 0.2) is 0 Å². The molecular weight excluding hydrogens is 390 g/mol. The number of hydrogen-bond donors (Lipinski definition) is 3. The lowest BCUT2D eigenvalue weighted by Crippen LogP contribution is -2.44. The minimum absolute atomic E-state index is 0.0883. The fourth-order valence-corrected chi connectivity index (χ4v) is 2.12. The maximum Gasteiger partial charge on any atom is 0.408 e. The summed E-state index contributed by atoms with van der Waals surface area (Å²) < 4.78 is 37.6. The van der Waals surface area contributed by atoms with Crippen LogP contribution >= 0.6 is 0 Å². The predicted octanol–water partition coefficient (Wildman–Crippen LogP) is 3.31. The molecule has 0 saturated heterocycles. The molecule has 0 saturated carbocycles. The van der Waals surface area contributed by atoms with E-state index >= 15 is 0 Å². The van der Waals surface area contributed by atoms with Crippen molar-refractivity contribution in [3.8, 4) is 0 Å². The summed E-state index contributed by atoms with van der Waals surface area (Å²) in [6.07, 6.45) is -3.47. The van der Waals surface area contributed by atoms with Crippen LogP contribution in [-0.4, -0.2) is 47.4 Å².